The van der Waals surface area contributed by atoms with Crippen molar-refractivity contribution in [3.8, 4) is 0 Å². The molecule has 1 amide bonds. The highest BCUT2D eigenvalue weighted by molar-refractivity contribution is 6.14. The van der Waals surface area contributed by atoms with Gasteiger partial charge in [0.2, 0.25) is 5.91 Å². The molecule has 0 radical (unpaired) electrons. The van der Waals surface area contributed by atoms with Crippen LogP contribution in [-0.2, 0) is 4.79 Å². The zero-order valence-corrected chi connectivity index (χ0v) is 4.75. The van der Waals surface area contributed by atoms with Crippen LogP contribution < -0.4 is 10.2 Å². The number of carbonyl (C=O) groups is 1. The summed E-state index contributed by atoms with van der Waals surface area (Å²) in [5.41, 5.74) is 0. The zero-order valence-electron chi connectivity index (χ0n) is 3.99. The molecule has 0 aliphatic carbocycles. The second-order valence-electron chi connectivity index (χ2n) is 0.984. The number of amides is 1. The molecule has 0 aliphatic heterocycles. The molecule has 2 N–H and O–H groups in total. The number of carbonyl (C=O) groups excluding carboxylic acids is 1. The van der Waals surface area contributed by atoms with Crippen molar-refractivity contribution in [3.63, 3.8) is 0 Å². The second-order valence-corrected chi connectivity index (χ2v) is 1.25. The Balaban J connectivity index is 3.00. The summed E-state index contributed by atoms with van der Waals surface area (Å²) in [7, 11) is 1.55. The molecular weight excluding hydrogens is 115 g/mol. The fourth-order valence-electron chi connectivity index (χ4n) is 0.149. The van der Waals surface area contributed by atoms with Crippen LogP contribution >= 0.6 is 11.8 Å². The molecule has 0 heterocycles. The first-order chi connectivity index (χ1) is 3.31. The Labute approximate surface area is 47.1 Å². The molecule has 0 fully saturated rings. The molecule has 0 saturated heterocycles. The summed E-state index contributed by atoms with van der Waals surface area (Å²) in [4.78, 5) is 12.3. The van der Waals surface area contributed by atoms with Crippen molar-refractivity contribution in [3.05, 3.63) is 0 Å². The Morgan fingerprint density at radius 3 is 2.57 bits per heavy atom. The van der Waals surface area contributed by atoms with Crippen molar-refractivity contribution in [1.29, 1.82) is 0 Å². The average Bonchev–Trinajstić information content (AvgIpc) is 1.68. The van der Waals surface area contributed by atoms with E-state index in [4.69, 9.17) is 11.8 Å². The van der Waals surface area contributed by atoms with Crippen molar-refractivity contribution >= 4 is 17.7 Å². The Kier molecular flexibility index (Phi) is 3.74. The van der Waals surface area contributed by atoms with Crippen LogP contribution in [0.25, 0.3) is 0 Å². The first-order valence-corrected chi connectivity index (χ1v) is 2.23. The molecule has 42 valence electrons. The molecule has 3 nitrogen and oxygen atoms in total. The van der Waals surface area contributed by atoms with Gasteiger partial charge in [-0.05, 0) is 11.8 Å². The van der Waals surface area contributed by atoms with Crippen LogP contribution in [0.3, 0.4) is 0 Å². The largest absolute Gasteiger partial charge is 0.358 e. The van der Waals surface area contributed by atoms with Gasteiger partial charge in [0.1, 0.15) is 0 Å². The van der Waals surface area contributed by atoms with Crippen LogP contribution in [0, 0.1) is 0 Å². The van der Waals surface area contributed by atoms with Crippen LogP contribution in [0.4, 0.5) is 0 Å². The summed E-state index contributed by atoms with van der Waals surface area (Å²) >= 11 is 4.96. The average molecular weight is 123 g/mol. The first-order valence-electron chi connectivity index (χ1n) is 1.85. The van der Waals surface area contributed by atoms with Crippen LogP contribution in [0.2, 0.25) is 0 Å². The predicted molar refractivity (Wildman–Crippen MR) is 27.9 cm³/mol. The first kappa shape index (κ1) is 6.72. The predicted octanol–water partition coefficient (Wildman–Crippen LogP) is -0.524. The maximum Gasteiger partial charge on any atom is 0.235 e. The summed E-state index contributed by atoms with van der Waals surface area (Å²) in [6, 6.07) is 0. The molecule has 0 rings (SSSR count). The molecule has 0 saturated carbocycles. The lowest BCUT2D eigenvalue weighted by molar-refractivity contribution is -0.119. The third-order valence-electron chi connectivity index (χ3n) is 0.506. The summed E-state index contributed by atoms with van der Waals surface area (Å²) < 4.78 is 0. The molecule has 0 atom stereocenters. The molecule has 0 unspecified atom stereocenters. The van der Waals surface area contributed by atoms with Gasteiger partial charge in [0, 0.05) is 7.05 Å². The number of hydrogen-bond donors (Lipinski definition) is 2. The fraction of sp³-hybridized carbons (Fsp3) is 0.667. The Hall–Kier alpha value is -0.280. The lowest BCUT2D eigenvalue weighted by Crippen LogP contribution is -2.26. The summed E-state index contributed by atoms with van der Waals surface area (Å²) in [5.74, 6) is -0.116. The van der Waals surface area contributed by atoms with Crippen molar-refractivity contribution in [2.24, 2.45) is 0 Å². The smallest absolute Gasteiger partial charge is 0.235 e. The van der Waals surface area contributed by atoms with E-state index in [1.807, 2.05) is 0 Å². The van der Waals surface area contributed by atoms with E-state index in [-0.39, 0.29) is 12.5 Å². The van der Waals surface area contributed by atoms with Gasteiger partial charge in [-0.2, -0.15) is 0 Å². The minimum absolute atomic E-state index is 0.116. The molecule has 4 heteroatoms. The SMILES string of the molecule is CNC(=O)CNCl. The maximum atomic E-state index is 10.2. The van der Waals surface area contributed by atoms with Gasteiger partial charge in [0.15, 0.2) is 0 Å². The van der Waals surface area contributed by atoms with E-state index in [0.29, 0.717) is 0 Å². The van der Waals surface area contributed by atoms with Gasteiger partial charge in [-0.25, -0.2) is 4.84 Å². The molecule has 0 aromatic heterocycles. The number of hydrogen-bond acceptors (Lipinski definition) is 2. The van der Waals surface area contributed by atoms with Crippen LogP contribution in [-0.4, -0.2) is 19.5 Å². The quantitative estimate of drug-likeness (QED) is 0.484. The lowest BCUT2D eigenvalue weighted by atomic mass is 10.6. The van der Waals surface area contributed by atoms with Crippen molar-refractivity contribution in [1.82, 2.24) is 10.2 Å². The Morgan fingerprint density at radius 1 is 1.86 bits per heavy atom. The molecular formula is C3H7ClN2O. The minimum Gasteiger partial charge on any atom is -0.358 e. The highest BCUT2D eigenvalue weighted by Gasteiger charge is 1.90. The van der Waals surface area contributed by atoms with E-state index in [1.165, 1.54) is 0 Å². The molecule has 0 spiro atoms. The second kappa shape index (κ2) is 3.89. The molecule has 7 heavy (non-hydrogen) atoms. The van der Waals surface area contributed by atoms with Crippen molar-refractivity contribution < 1.29 is 4.79 Å². The van der Waals surface area contributed by atoms with Crippen LogP contribution in [0.1, 0.15) is 0 Å². The number of rotatable bonds is 2. The van der Waals surface area contributed by atoms with Gasteiger partial charge in [-0.1, -0.05) is 0 Å². The molecule has 0 bridgehead atoms. The van der Waals surface area contributed by atoms with Crippen LogP contribution in [0.15, 0.2) is 0 Å². The Morgan fingerprint density at radius 2 is 2.43 bits per heavy atom. The van der Waals surface area contributed by atoms with Gasteiger partial charge < -0.3 is 5.32 Å². The molecule has 0 aromatic rings. The maximum absolute atomic E-state index is 10.2. The van der Waals surface area contributed by atoms with E-state index in [1.54, 1.807) is 7.05 Å². The summed E-state index contributed by atoms with van der Waals surface area (Å²) in [6.45, 7) is 0.165. The van der Waals surface area contributed by atoms with Crippen molar-refractivity contribution in [2.75, 3.05) is 13.6 Å². The van der Waals surface area contributed by atoms with Gasteiger partial charge >= 0.3 is 0 Å². The minimum atomic E-state index is -0.116. The van der Waals surface area contributed by atoms with E-state index >= 15 is 0 Å². The molecule has 0 aromatic carbocycles. The number of nitrogens with one attached hydrogen (secondary N) is 2. The molecule has 0 aliphatic rings. The standard InChI is InChI=1S/C3H7ClN2O/c1-5-3(7)2-6-4/h6H,2H2,1H3,(H,5,7). The van der Waals surface area contributed by atoms with E-state index < -0.39 is 0 Å². The van der Waals surface area contributed by atoms with E-state index in [0.717, 1.165) is 0 Å². The monoisotopic (exact) mass is 122 g/mol. The Bertz CT molecular complexity index is 66.0. The van der Waals surface area contributed by atoms with E-state index in [9.17, 15) is 4.79 Å². The van der Waals surface area contributed by atoms with Crippen LogP contribution in [0.5, 0.6) is 0 Å². The zero-order chi connectivity index (χ0) is 5.70. The third kappa shape index (κ3) is 3.55. The highest BCUT2D eigenvalue weighted by atomic mass is 35.5. The summed E-state index contributed by atoms with van der Waals surface area (Å²) in [6.07, 6.45) is 0. The number of halogens is 1. The lowest BCUT2D eigenvalue weighted by Gasteiger charge is -1.91. The highest BCUT2D eigenvalue weighted by Crippen LogP contribution is 1.60. The van der Waals surface area contributed by atoms with Gasteiger partial charge in [-0.15, -0.1) is 0 Å². The van der Waals surface area contributed by atoms with Crippen molar-refractivity contribution in [2.45, 2.75) is 0 Å². The fourth-order valence-corrected chi connectivity index (χ4v) is 0.270. The van der Waals surface area contributed by atoms with Gasteiger partial charge in [-0.3, -0.25) is 4.79 Å². The van der Waals surface area contributed by atoms with Gasteiger partial charge in [0.05, 0.1) is 6.54 Å². The van der Waals surface area contributed by atoms with E-state index in [2.05, 4.69) is 10.2 Å². The summed E-state index contributed by atoms with van der Waals surface area (Å²) in [5, 5.41) is 2.38. The topological polar surface area (TPSA) is 41.1 Å². The van der Waals surface area contributed by atoms with Gasteiger partial charge in [0.25, 0.3) is 0 Å². The third-order valence-corrected chi connectivity index (χ3v) is 0.640. The normalized spacial score (nSPS) is 8.29. The number of likely N-dealkylation sites (N-methyl/N-ethyl adjacent to an activating group) is 1.